The lowest BCUT2D eigenvalue weighted by Crippen LogP contribution is -2.26. The molecule has 142 valence electrons. The SMILES string of the molecule is Cc1ccc(N2CC(C(=O)OCc3cc(=O)n4ccccc4n3)CC2=O)cc1. The molecule has 1 saturated heterocycles. The summed E-state index contributed by atoms with van der Waals surface area (Å²) in [4.78, 5) is 42.8. The zero-order chi connectivity index (χ0) is 19.7. The van der Waals surface area contributed by atoms with Gasteiger partial charge in [-0.2, -0.15) is 0 Å². The number of fused-ring (bicyclic) bond motifs is 1. The molecule has 28 heavy (non-hydrogen) atoms. The monoisotopic (exact) mass is 377 g/mol. The molecule has 1 atom stereocenters. The van der Waals surface area contributed by atoms with Crippen molar-refractivity contribution in [3.05, 3.63) is 76.3 Å². The van der Waals surface area contributed by atoms with Crippen LogP contribution in [0.4, 0.5) is 5.69 Å². The third-order valence-corrected chi connectivity index (χ3v) is 4.79. The first kappa shape index (κ1) is 17.9. The zero-order valence-electron chi connectivity index (χ0n) is 15.4. The molecule has 1 unspecified atom stereocenters. The minimum Gasteiger partial charge on any atom is -0.459 e. The summed E-state index contributed by atoms with van der Waals surface area (Å²) < 4.78 is 6.76. The van der Waals surface area contributed by atoms with Crippen LogP contribution in [-0.4, -0.2) is 27.8 Å². The standard InChI is InChI=1S/C21H19N3O4/c1-14-5-7-17(8-6-14)24-12-15(10-19(24)25)21(27)28-13-16-11-20(26)23-9-3-2-4-18(23)22-16/h2-9,11,15H,10,12-13H2,1H3. The van der Waals surface area contributed by atoms with Gasteiger partial charge in [0, 0.05) is 30.9 Å². The molecular formula is C21H19N3O4. The van der Waals surface area contributed by atoms with E-state index >= 15 is 0 Å². The van der Waals surface area contributed by atoms with E-state index in [0.717, 1.165) is 11.3 Å². The van der Waals surface area contributed by atoms with Gasteiger partial charge in [0.1, 0.15) is 12.3 Å². The lowest BCUT2D eigenvalue weighted by atomic mass is 10.1. The first-order chi connectivity index (χ1) is 13.5. The number of pyridine rings is 1. The van der Waals surface area contributed by atoms with Gasteiger partial charge < -0.3 is 9.64 Å². The number of aromatic nitrogens is 2. The number of carbonyl (C=O) groups is 2. The van der Waals surface area contributed by atoms with Crippen molar-refractivity contribution in [3.8, 4) is 0 Å². The minimum absolute atomic E-state index is 0.102. The van der Waals surface area contributed by atoms with Crippen LogP contribution in [0.25, 0.3) is 5.65 Å². The maximum absolute atomic E-state index is 12.4. The molecule has 0 spiro atoms. The van der Waals surface area contributed by atoms with Gasteiger partial charge in [-0.25, -0.2) is 4.98 Å². The van der Waals surface area contributed by atoms with Crippen LogP contribution < -0.4 is 10.5 Å². The van der Waals surface area contributed by atoms with E-state index in [2.05, 4.69) is 4.98 Å². The number of aryl methyl sites for hydroxylation is 1. The Hall–Kier alpha value is -3.48. The fourth-order valence-corrected chi connectivity index (χ4v) is 3.28. The normalized spacial score (nSPS) is 16.5. The highest BCUT2D eigenvalue weighted by molar-refractivity contribution is 5.99. The van der Waals surface area contributed by atoms with Crippen LogP contribution in [0.15, 0.2) is 59.5 Å². The molecule has 4 rings (SSSR count). The molecule has 3 heterocycles. The van der Waals surface area contributed by atoms with Gasteiger partial charge in [-0.3, -0.25) is 18.8 Å². The van der Waals surface area contributed by atoms with E-state index in [1.54, 1.807) is 29.3 Å². The van der Waals surface area contributed by atoms with Crippen LogP contribution in [0.1, 0.15) is 17.7 Å². The van der Waals surface area contributed by atoms with Gasteiger partial charge in [0.15, 0.2) is 0 Å². The minimum atomic E-state index is -0.532. The summed E-state index contributed by atoms with van der Waals surface area (Å²) in [5, 5.41) is 0. The first-order valence-corrected chi connectivity index (χ1v) is 9.02. The highest BCUT2D eigenvalue weighted by Gasteiger charge is 2.36. The van der Waals surface area contributed by atoms with E-state index < -0.39 is 11.9 Å². The van der Waals surface area contributed by atoms with Crippen molar-refractivity contribution in [1.82, 2.24) is 9.38 Å². The van der Waals surface area contributed by atoms with Crippen molar-refractivity contribution < 1.29 is 14.3 Å². The van der Waals surface area contributed by atoms with Crippen molar-refractivity contribution in [2.24, 2.45) is 5.92 Å². The number of ether oxygens (including phenoxy) is 1. The Morgan fingerprint density at radius 3 is 2.75 bits per heavy atom. The molecule has 1 amide bonds. The number of nitrogens with zero attached hydrogens (tertiary/aromatic N) is 3. The average molecular weight is 377 g/mol. The number of benzene rings is 1. The van der Waals surface area contributed by atoms with Crippen LogP contribution in [0.5, 0.6) is 0 Å². The summed E-state index contributed by atoms with van der Waals surface area (Å²) >= 11 is 0. The third-order valence-electron chi connectivity index (χ3n) is 4.79. The van der Waals surface area contributed by atoms with Gasteiger partial charge in [0.05, 0.1) is 11.6 Å². The fourth-order valence-electron chi connectivity index (χ4n) is 3.28. The van der Waals surface area contributed by atoms with E-state index in [0.29, 0.717) is 11.3 Å². The number of anilines is 1. The Morgan fingerprint density at radius 1 is 1.18 bits per heavy atom. The van der Waals surface area contributed by atoms with Crippen LogP contribution in [0.3, 0.4) is 0 Å². The molecule has 7 nitrogen and oxygen atoms in total. The van der Waals surface area contributed by atoms with E-state index in [4.69, 9.17) is 4.74 Å². The predicted molar refractivity (Wildman–Crippen MR) is 103 cm³/mol. The number of carbonyl (C=O) groups excluding carboxylic acids is 2. The Bertz CT molecular complexity index is 1100. The number of rotatable bonds is 4. The maximum Gasteiger partial charge on any atom is 0.311 e. The topological polar surface area (TPSA) is 81.0 Å². The quantitative estimate of drug-likeness (QED) is 0.651. The Balaban J connectivity index is 1.42. The zero-order valence-corrected chi connectivity index (χ0v) is 15.4. The van der Waals surface area contributed by atoms with Crippen molar-refractivity contribution in [3.63, 3.8) is 0 Å². The summed E-state index contributed by atoms with van der Waals surface area (Å²) in [6.07, 6.45) is 1.74. The lowest BCUT2D eigenvalue weighted by Gasteiger charge is -2.16. The molecule has 0 radical (unpaired) electrons. The third kappa shape index (κ3) is 3.51. The summed E-state index contributed by atoms with van der Waals surface area (Å²) in [6.45, 7) is 2.16. The summed E-state index contributed by atoms with van der Waals surface area (Å²) in [6, 6.07) is 14.2. The van der Waals surface area contributed by atoms with Gasteiger partial charge >= 0.3 is 5.97 Å². The highest BCUT2D eigenvalue weighted by Crippen LogP contribution is 2.26. The van der Waals surface area contributed by atoms with E-state index in [-0.39, 0.29) is 31.0 Å². The summed E-state index contributed by atoms with van der Waals surface area (Å²) in [5.41, 5.74) is 2.51. The summed E-state index contributed by atoms with van der Waals surface area (Å²) in [7, 11) is 0. The van der Waals surface area contributed by atoms with Gasteiger partial charge in [-0.05, 0) is 31.2 Å². The molecule has 0 N–H and O–H groups in total. The number of hydrogen-bond donors (Lipinski definition) is 0. The predicted octanol–water partition coefficient (Wildman–Crippen LogP) is 2.10. The highest BCUT2D eigenvalue weighted by atomic mass is 16.5. The van der Waals surface area contributed by atoms with Crippen molar-refractivity contribution in [2.45, 2.75) is 20.0 Å². The molecule has 1 aliphatic heterocycles. The fraction of sp³-hybridized carbons (Fsp3) is 0.238. The van der Waals surface area contributed by atoms with Crippen molar-refractivity contribution in [2.75, 3.05) is 11.4 Å². The van der Waals surface area contributed by atoms with Crippen LogP contribution in [0.2, 0.25) is 0 Å². The Kier molecular flexibility index (Phi) is 4.65. The van der Waals surface area contributed by atoms with Gasteiger partial charge in [0.2, 0.25) is 5.91 Å². The first-order valence-electron chi connectivity index (χ1n) is 9.02. The van der Waals surface area contributed by atoms with Crippen LogP contribution >= 0.6 is 0 Å². The second-order valence-electron chi connectivity index (χ2n) is 6.86. The molecule has 1 fully saturated rings. The number of amides is 1. The second kappa shape index (κ2) is 7.26. The largest absolute Gasteiger partial charge is 0.459 e. The molecule has 2 aromatic heterocycles. The van der Waals surface area contributed by atoms with Gasteiger partial charge in [-0.1, -0.05) is 23.8 Å². The van der Waals surface area contributed by atoms with Crippen LogP contribution in [-0.2, 0) is 20.9 Å². The molecule has 0 bridgehead atoms. The van der Waals surface area contributed by atoms with Crippen LogP contribution in [0, 0.1) is 12.8 Å². The molecule has 1 aromatic carbocycles. The Morgan fingerprint density at radius 2 is 1.96 bits per heavy atom. The van der Waals surface area contributed by atoms with Gasteiger partial charge in [-0.15, -0.1) is 0 Å². The maximum atomic E-state index is 12.4. The molecule has 0 aliphatic carbocycles. The molecule has 7 heteroatoms. The molecule has 0 saturated carbocycles. The Labute approximate surface area is 161 Å². The molecule has 3 aromatic rings. The number of esters is 1. The number of hydrogen-bond acceptors (Lipinski definition) is 5. The average Bonchev–Trinajstić information content (AvgIpc) is 3.08. The van der Waals surface area contributed by atoms with E-state index in [1.165, 1.54) is 10.5 Å². The van der Waals surface area contributed by atoms with Crippen molar-refractivity contribution in [1.29, 1.82) is 0 Å². The molecular weight excluding hydrogens is 358 g/mol. The van der Waals surface area contributed by atoms with E-state index in [1.807, 2.05) is 31.2 Å². The van der Waals surface area contributed by atoms with Gasteiger partial charge in [0.25, 0.3) is 5.56 Å². The van der Waals surface area contributed by atoms with E-state index in [9.17, 15) is 14.4 Å². The smallest absolute Gasteiger partial charge is 0.311 e. The van der Waals surface area contributed by atoms with Crippen molar-refractivity contribution >= 4 is 23.2 Å². The molecule has 1 aliphatic rings. The second-order valence-corrected chi connectivity index (χ2v) is 6.86. The lowest BCUT2D eigenvalue weighted by molar-refractivity contribution is -0.149. The summed E-state index contributed by atoms with van der Waals surface area (Å²) in [5.74, 6) is -1.10.